The SMILES string of the molecule is CCN(CCNS(=O)(=O)c1ccc(F)c(Cl)c1)c1cccc(C)c1. The number of halogens is 2. The molecule has 2 rings (SSSR count). The van der Waals surface area contributed by atoms with Gasteiger partial charge in [0.05, 0.1) is 9.92 Å². The second-order valence-corrected chi connectivity index (χ2v) is 7.57. The Morgan fingerprint density at radius 3 is 2.58 bits per heavy atom. The molecule has 0 aliphatic carbocycles. The summed E-state index contributed by atoms with van der Waals surface area (Å²) in [7, 11) is -3.72. The van der Waals surface area contributed by atoms with E-state index in [-0.39, 0.29) is 16.5 Å². The molecule has 0 heterocycles. The number of likely N-dealkylation sites (N-methyl/N-ethyl adjacent to an activating group) is 1. The van der Waals surface area contributed by atoms with Gasteiger partial charge in [0, 0.05) is 25.3 Å². The molecule has 0 spiro atoms. The molecule has 0 saturated carbocycles. The number of nitrogens with one attached hydrogen (secondary N) is 1. The van der Waals surface area contributed by atoms with Crippen LogP contribution in [0.1, 0.15) is 12.5 Å². The van der Waals surface area contributed by atoms with Crippen molar-refractivity contribution in [2.24, 2.45) is 0 Å². The van der Waals surface area contributed by atoms with E-state index < -0.39 is 15.8 Å². The largest absolute Gasteiger partial charge is 0.370 e. The van der Waals surface area contributed by atoms with Crippen molar-refractivity contribution >= 4 is 27.3 Å². The number of aryl methyl sites for hydroxylation is 1. The van der Waals surface area contributed by atoms with E-state index in [2.05, 4.69) is 15.7 Å². The third-order valence-corrected chi connectivity index (χ3v) is 5.37. The zero-order valence-electron chi connectivity index (χ0n) is 13.6. The lowest BCUT2D eigenvalue weighted by Crippen LogP contribution is -2.35. The summed E-state index contributed by atoms with van der Waals surface area (Å²) in [6.07, 6.45) is 0. The fraction of sp³-hybridized carbons (Fsp3) is 0.294. The monoisotopic (exact) mass is 370 g/mol. The smallest absolute Gasteiger partial charge is 0.240 e. The van der Waals surface area contributed by atoms with Crippen LogP contribution in [0.25, 0.3) is 0 Å². The van der Waals surface area contributed by atoms with Crippen LogP contribution in [0.5, 0.6) is 0 Å². The molecule has 2 aromatic rings. The van der Waals surface area contributed by atoms with Gasteiger partial charge in [0.1, 0.15) is 5.82 Å². The highest BCUT2D eigenvalue weighted by molar-refractivity contribution is 7.89. The number of benzene rings is 2. The predicted octanol–water partition coefficient (Wildman–Crippen LogP) is 3.59. The van der Waals surface area contributed by atoms with Gasteiger partial charge in [-0.25, -0.2) is 17.5 Å². The van der Waals surface area contributed by atoms with Gasteiger partial charge in [0.15, 0.2) is 0 Å². The van der Waals surface area contributed by atoms with Crippen molar-refractivity contribution in [2.75, 3.05) is 24.5 Å². The van der Waals surface area contributed by atoms with E-state index in [0.717, 1.165) is 29.9 Å². The van der Waals surface area contributed by atoms with Gasteiger partial charge < -0.3 is 4.90 Å². The van der Waals surface area contributed by atoms with Crippen LogP contribution in [-0.4, -0.2) is 28.1 Å². The summed E-state index contributed by atoms with van der Waals surface area (Å²) in [5.41, 5.74) is 2.19. The van der Waals surface area contributed by atoms with Crippen LogP contribution in [0.15, 0.2) is 47.4 Å². The molecule has 0 saturated heterocycles. The van der Waals surface area contributed by atoms with Crippen LogP contribution < -0.4 is 9.62 Å². The molecular formula is C17H20ClFN2O2S. The molecular weight excluding hydrogens is 351 g/mol. The molecule has 0 unspecified atom stereocenters. The highest BCUT2D eigenvalue weighted by atomic mass is 35.5. The lowest BCUT2D eigenvalue weighted by molar-refractivity contribution is 0.580. The van der Waals surface area contributed by atoms with Crippen LogP contribution in [-0.2, 0) is 10.0 Å². The first-order chi connectivity index (χ1) is 11.3. The normalized spacial score (nSPS) is 11.5. The molecule has 0 aromatic heterocycles. The standard InChI is InChI=1S/C17H20ClFN2O2S/c1-3-21(14-6-4-5-13(2)11-14)10-9-20-24(22,23)15-7-8-17(19)16(18)12-15/h4-8,11-12,20H,3,9-10H2,1-2H3. The average Bonchev–Trinajstić information content (AvgIpc) is 2.54. The second-order valence-electron chi connectivity index (χ2n) is 5.39. The Bertz CT molecular complexity index is 812. The third kappa shape index (κ3) is 4.69. The van der Waals surface area contributed by atoms with Crippen molar-refractivity contribution in [3.8, 4) is 0 Å². The Kier molecular flexibility index (Phi) is 6.21. The van der Waals surface area contributed by atoms with Crippen molar-refractivity contribution in [2.45, 2.75) is 18.7 Å². The number of anilines is 1. The molecule has 1 N–H and O–H groups in total. The minimum Gasteiger partial charge on any atom is -0.370 e. The molecule has 0 bridgehead atoms. The quantitative estimate of drug-likeness (QED) is 0.810. The molecule has 2 aromatic carbocycles. The number of hydrogen-bond donors (Lipinski definition) is 1. The summed E-state index contributed by atoms with van der Waals surface area (Å²) >= 11 is 5.65. The fourth-order valence-electron chi connectivity index (χ4n) is 2.34. The number of sulfonamides is 1. The summed E-state index contributed by atoms with van der Waals surface area (Å²) in [5.74, 6) is -0.646. The van der Waals surface area contributed by atoms with E-state index in [1.807, 2.05) is 32.0 Å². The minimum atomic E-state index is -3.72. The highest BCUT2D eigenvalue weighted by Crippen LogP contribution is 2.19. The van der Waals surface area contributed by atoms with Gasteiger partial charge in [-0.2, -0.15) is 0 Å². The average molecular weight is 371 g/mol. The van der Waals surface area contributed by atoms with E-state index in [4.69, 9.17) is 11.6 Å². The van der Waals surface area contributed by atoms with Gasteiger partial charge in [-0.15, -0.1) is 0 Å². The fourth-order valence-corrected chi connectivity index (χ4v) is 3.63. The van der Waals surface area contributed by atoms with Crippen LogP contribution >= 0.6 is 11.6 Å². The summed E-state index contributed by atoms with van der Waals surface area (Å²) in [4.78, 5) is 2.03. The number of nitrogens with zero attached hydrogens (tertiary/aromatic N) is 1. The summed E-state index contributed by atoms with van der Waals surface area (Å²) in [6.45, 7) is 5.54. The van der Waals surface area contributed by atoms with Gasteiger partial charge in [0.25, 0.3) is 0 Å². The topological polar surface area (TPSA) is 49.4 Å². The van der Waals surface area contributed by atoms with Crippen LogP contribution in [0.3, 0.4) is 0 Å². The number of rotatable bonds is 7. The zero-order chi connectivity index (χ0) is 17.7. The van der Waals surface area contributed by atoms with E-state index >= 15 is 0 Å². The molecule has 0 aliphatic heterocycles. The second kappa shape index (κ2) is 7.96. The lowest BCUT2D eigenvalue weighted by atomic mass is 10.2. The summed E-state index contributed by atoms with van der Waals surface area (Å²) in [5, 5.41) is -0.215. The van der Waals surface area contributed by atoms with Crippen molar-refractivity contribution in [1.29, 1.82) is 0 Å². The van der Waals surface area contributed by atoms with Gasteiger partial charge in [-0.1, -0.05) is 23.7 Å². The number of hydrogen-bond acceptors (Lipinski definition) is 3. The Balaban J connectivity index is 2.02. The first kappa shape index (κ1) is 18.7. The van der Waals surface area contributed by atoms with Crippen molar-refractivity contribution in [3.05, 3.63) is 58.9 Å². The third-order valence-electron chi connectivity index (χ3n) is 3.62. The summed E-state index contributed by atoms with van der Waals surface area (Å²) < 4.78 is 40.2. The van der Waals surface area contributed by atoms with E-state index in [1.165, 1.54) is 6.07 Å². The Morgan fingerprint density at radius 2 is 1.96 bits per heavy atom. The first-order valence-corrected chi connectivity index (χ1v) is 9.46. The molecule has 130 valence electrons. The molecule has 0 fully saturated rings. The maximum atomic E-state index is 13.2. The molecule has 0 amide bonds. The van der Waals surface area contributed by atoms with Crippen LogP contribution in [0.4, 0.5) is 10.1 Å². The first-order valence-electron chi connectivity index (χ1n) is 7.60. The molecule has 4 nitrogen and oxygen atoms in total. The zero-order valence-corrected chi connectivity index (χ0v) is 15.2. The molecule has 0 radical (unpaired) electrons. The molecule has 24 heavy (non-hydrogen) atoms. The maximum absolute atomic E-state index is 13.2. The van der Waals surface area contributed by atoms with E-state index in [0.29, 0.717) is 6.54 Å². The molecule has 0 atom stereocenters. The van der Waals surface area contributed by atoms with Crippen LogP contribution in [0.2, 0.25) is 5.02 Å². The Labute approximate surface area is 147 Å². The molecule has 7 heteroatoms. The summed E-state index contributed by atoms with van der Waals surface area (Å²) in [6, 6.07) is 11.4. The lowest BCUT2D eigenvalue weighted by Gasteiger charge is -2.23. The van der Waals surface area contributed by atoms with Gasteiger partial charge >= 0.3 is 0 Å². The van der Waals surface area contributed by atoms with E-state index in [1.54, 1.807) is 0 Å². The van der Waals surface area contributed by atoms with Gasteiger partial charge in [-0.3, -0.25) is 0 Å². The van der Waals surface area contributed by atoms with E-state index in [9.17, 15) is 12.8 Å². The van der Waals surface area contributed by atoms with Crippen molar-refractivity contribution in [1.82, 2.24) is 4.72 Å². The predicted molar refractivity (Wildman–Crippen MR) is 95.7 cm³/mol. The highest BCUT2D eigenvalue weighted by Gasteiger charge is 2.16. The van der Waals surface area contributed by atoms with Crippen molar-refractivity contribution < 1.29 is 12.8 Å². The minimum absolute atomic E-state index is 0.0486. The van der Waals surface area contributed by atoms with Gasteiger partial charge in [0.2, 0.25) is 10.0 Å². The molecule has 0 aliphatic rings. The van der Waals surface area contributed by atoms with Crippen molar-refractivity contribution in [3.63, 3.8) is 0 Å². The maximum Gasteiger partial charge on any atom is 0.240 e. The van der Waals surface area contributed by atoms with Gasteiger partial charge in [-0.05, 0) is 49.7 Å². The Hall–Kier alpha value is -1.63. The van der Waals surface area contributed by atoms with Crippen LogP contribution in [0, 0.1) is 12.7 Å². The Morgan fingerprint density at radius 1 is 1.21 bits per heavy atom.